The van der Waals surface area contributed by atoms with Crippen molar-refractivity contribution in [3.63, 3.8) is 0 Å². The van der Waals surface area contributed by atoms with Crippen molar-refractivity contribution in [2.75, 3.05) is 0 Å². The van der Waals surface area contributed by atoms with Gasteiger partial charge in [-0.1, -0.05) is 13.8 Å². The van der Waals surface area contributed by atoms with Gasteiger partial charge in [0.05, 0.1) is 6.07 Å². The fraction of sp³-hybridized carbons (Fsp3) is 0.909. The van der Waals surface area contributed by atoms with Crippen LogP contribution in [0.5, 0.6) is 0 Å². The van der Waals surface area contributed by atoms with E-state index in [0.29, 0.717) is 5.41 Å². The normalized spacial score (nSPS) is 42.9. The number of rotatable bonds is 1. The molecule has 1 nitrogen and oxygen atoms in total. The molecule has 2 bridgehead atoms. The minimum Gasteiger partial charge on any atom is -0.198 e. The molecule has 0 aromatic heterocycles. The Kier molecular flexibility index (Phi) is 1.68. The first kappa shape index (κ1) is 8.10. The van der Waals surface area contributed by atoms with Gasteiger partial charge >= 0.3 is 0 Å². The Balaban J connectivity index is 2.07. The summed E-state index contributed by atoms with van der Waals surface area (Å²) in [5, 5.41) is 8.67. The highest BCUT2D eigenvalue weighted by molar-refractivity contribution is 5.04. The predicted octanol–water partition coefficient (Wildman–Crippen LogP) is 2.97. The van der Waals surface area contributed by atoms with Crippen molar-refractivity contribution < 1.29 is 0 Å². The van der Waals surface area contributed by atoms with Gasteiger partial charge < -0.3 is 0 Å². The van der Waals surface area contributed by atoms with E-state index in [9.17, 15) is 0 Å². The second-order valence-corrected chi connectivity index (χ2v) is 5.06. The summed E-state index contributed by atoms with van der Waals surface area (Å²) < 4.78 is 0. The first-order chi connectivity index (χ1) is 5.66. The summed E-state index contributed by atoms with van der Waals surface area (Å²) in [6.45, 7) is 4.77. The van der Waals surface area contributed by atoms with Crippen molar-refractivity contribution in [2.24, 2.45) is 23.2 Å². The fourth-order valence-corrected chi connectivity index (χ4v) is 3.32. The van der Waals surface area contributed by atoms with Crippen LogP contribution < -0.4 is 0 Å². The maximum absolute atomic E-state index is 8.67. The van der Waals surface area contributed by atoms with E-state index < -0.39 is 0 Å². The third kappa shape index (κ3) is 0.905. The van der Waals surface area contributed by atoms with Gasteiger partial charge in [-0.25, -0.2) is 0 Å². The molecule has 3 saturated carbocycles. The van der Waals surface area contributed by atoms with Crippen molar-refractivity contribution in [2.45, 2.75) is 39.5 Å². The second kappa shape index (κ2) is 2.49. The average molecular weight is 163 g/mol. The summed E-state index contributed by atoms with van der Waals surface area (Å²) >= 11 is 0. The van der Waals surface area contributed by atoms with Gasteiger partial charge in [-0.3, -0.25) is 0 Å². The second-order valence-electron chi connectivity index (χ2n) is 5.06. The molecule has 3 rings (SSSR count). The summed E-state index contributed by atoms with van der Waals surface area (Å²) in [6, 6.07) is 2.33. The number of nitriles is 1. The summed E-state index contributed by atoms with van der Waals surface area (Å²) in [5.74, 6) is 2.54. The lowest BCUT2D eigenvalue weighted by Gasteiger charge is -2.60. The van der Waals surface area contributed by atoms with Crippen molar-refractivity contribution in [3.05, 3.63) is 0 Å². The lowest BCUT2D eigenvalue weighted by atomic mass is 9.45. The van der Waals surface area contributed by atoms with Crippen LogP contribution in [0.25, 0.3) is 0 Å². The molecule has 12 heavy (non-hydrogen) atoms. The average Bonchev–Trinajstić information content (AvgIpc) is 2.05. The summed E-state index contributed by atoms with van der Waals surface area (Å²) in [7, 11) is 0. The zero-order valence-corrected chi connectivity index (χ0v) is 8.01. The van der Waals surface area contributed by atoms with Crippen LogP contribution in [0.1, 0.15) is 39.5 Å². The monoisotopic (exact) mass is 163 g/mol. The standard InChI is InChI=1S/C11H17N/c1-11(2)9-4-3-8(5-6-12)10(11)7-9/h8-10H,3-5,7H2,1-2H3/t8?,9-,10-/m1/s1. The highest BCUT2D eigenvalue weighted by Gasteiger charge is 2.53. The SMILES string of the molecule is CC1(C)[C@@H]2CCC(CC#N)[C@H]1C2. The maximum Gasteiger partial charge on any atom is 0.0624 e. The molecule has 3 aliphatic rings. The van der Waals surface area contributed by atoms with E-state index >= 15 is 0 Å². The van der Waals surface area contributed by atoms with Gasteiger partial charge in [-0.05, 0) is 42.4 Å². The molecule has 66 valence electrons. The topological polar surface area (TPSA) is 23.8 Å². The number of hydrogen-bond acceptors (Lipinski definition) is 1. The van der Waals surface area contributed by atoms with Crippen molar-refractivity contribution in [1.29, 1.82) is 5.26 Å². The third-order valence-corrected chi connectivity index (χ3v) is 4.35. The van der Waals surface area contributed by atoms with Gasteiger partial charge in [-0.15, -0.1) is 0 Å². The van der Waals surface area contributed by atoms with E-state index in [1.165, 1.54) is 19.3 Å². The molecule has 3 atom stereocenters. The Morgan fingerprint density at radius 1 is 1.42 bits per heavy atom. The highest BCUT2D eigenvalue weighted by atomic mass is 14.6. The van der Waals surface area contributed by atoms with Crippen LogP contribution in [0.15, 0.2) is 0 Å². The molecule has 0 radical (unpaired) electrons. The number of fused-ring (bicyclic) bond motifs is 2. The molecule has 0 heterocycles. The van der Waals surface area contributed by atoms with Crippen LogP contribution in [-0.4, -0.2) is 0 Å². The first-order valence-electron chi connectivity index (χ1n) is 5.03. The zero-order valence-electron chi connectivity index (χ0n) is 8.01. The molecule has 0 aliphatic heterocycles. The molecule has 1 unspecified atom stereocenters. The van der Waals surface area contributed by atoms with Gasteiger partial charge in [0.25, 0.3) is 0 Å². The van der Waals surface area contributed by atoms with E-state index in [-0.39, 0.29) is 0 Å². The summed E-state index contributed by atoms with van der Waals surface area (Å²) in [5.41, 5.74) is 0.555. The first-order valence-corrected chi connectivity index (χ1v) is 5.03. The van der Waals surface area contributed by atoms with Crippen molar-refractivity contribution in [3.8, 4) is 6.07 Å². The minimum absolute atomic E-state index is 0.555. The Morgan fingerprint density at radius 2 is 2.17 bits per heavy atom. The lowest BCUT2D eigenvalue weighted by Crippen LogP contribution is -2.52. The minimum atomic E-state index is 0.555. The largest absolute Gasteiger partial charge is 0.198 e. The molecule has 0 amide bonds. The van der Waals surface area contributed by atoms with Gasteiger partial charge in [0, 0.05) is 6.42 Å². The third-order valence-electron chi connectivity index (χ3n) is 4.35. The zero-order chi connectivity index (χ0) is 8.77. The van der Waals surface area contributed by atoms with Gasteiger partial charge in [0.2, 0.25) is 0 Å². The Hall–Kier alpha value is -0.510. The Bertz CT molecular complexity index is 222. The molecule has 0 aromatic rings. The van der Waals surface area contributed by atoms with E-state index in [4.69, 9.17) is 5.26 Å². The molecular weight excluding hydrogens is 146 g/mol. The maximum atomic E-state index is 8.67. The number of hydrogen-bond donors (Lipinski definition) is 0. The van der Waals surface area contributed by atoms with Crippen LogP contribution in [0.2, 0.25) is 0 Å². The Morgan fingerprint density at radius 3 is 2.67 bits per heavy atom. The summed E-state index contributed by atoms with van der Waals surface area (Å²) in [6.07, 6.45) is 4.88. The van der Waals surface area contributed by atoms with Gasteiger partial charge in [0.1, 0.15) is 0 Å². The van der Waals surface area contributed by atoms with E-state index in [2.05, 4.69) is 19.9 Å². The van der Waals surface area contributed by atoms with Gasteiger partial charge in [-0.2, -0.15) is 5.26 Å². The summed E-state index contributed by atoms with van der Waals surface area (Å²) in [4.78, 5) is 0. The van der Waals surface area contributed by atoms with Crippen LogP contribution >= 0.6 is 0 Å². The fourth-order valence-electron chi connectivity index (χ4n) is 3.32. The molecule has 3 fully saturated rings. The predicted molar refractivity (Wildman–Crippen MR) is 48.3 cm³/mol. The number of nitrogens with zero attached hydrogens (tertiary/aromatic N) is 1. The molecule has 0 spiro atoms. The van der Waals surface area contributed by atoms with E-state index in [1.54, 1.807) is 0 Å². The van der Waals surface area contributed by atoms with Crippen LogP contribution in [0.3, 0.4) is 0 Å². The smallest absolute Gasteiger partial charge is 0.0624 e. The van der Waals surface area contributed by atoms with Crippen molar-refractivity contribution >= 4 is 0 Å². The molecule has 3 aliphatic carbocycles. The quantitative estimate of drug-likeness (QED) is 0.583. The lowest BCUT2D eigenvalue weighted by molar-refractivity contribution is -0.103. The Labute approximate surface area is 74.8 Å². The van der Waals surface area contributed by atoms with E-state index in [1.807, 2.05) is 0 Å². The molecule has 0 saturated heterocycles. The van der Waals surface area contributed by atoms with Crippen LogP contribution in [-0.2, 0) is 0 Å². The molecular formula is C11H17N. The van der Waals surface area contributed by atoms with Crippen LogP contribution in [0.4, 0.5) is 0 Å². The van der Waals surface area contributed by atoms with Crippen LogP contribution in [0, 0.1) is 34.5 Å². The molecule has 0 aromatic carbocycles. The van der Waals surface area contributed by atoms with Gasteiger partial charge in [0.15, 0.2) is 0 Å². The van der Waals surface area contributed by atoms with E-state index in [0.717, 1.165) is 24.2 Å². The highest BCUT2D eigenvalue weighted by Crippen LogP contribution is 2.61. The van der Waals surface area contributed by atoms with Crippen molar-refractivity contribution in [1.82, 2.24) is 0 Å². The molecule has 0 N–H and O–H groups in total. The molecule has 1 heteroatoms.